The maximum atomic E-state index is 16.3. The number of likely N-dealkylation sites (tertiary alicyclic amines) is 1. The zero-order chi connectivity index (χ0) is 33.4. The number of carbonyl (C=O) groups excluding carboxylic acids is 3. The fraction of sp³-hybridized carbons (Fsp3) is 0.576. The van der Waals surface area contributed by atoms with E-state index in [1.807, 2.05) is 6.92 Å². The second-order valence-corrected chi connectivity index (χ2v) is 16.8. The van der Waals surface area contributed by atoms with Crippen LogP contribution in [0.2, 0.25) is 18.6 Å². The lowest BCUT2D eigenvalue weighted by atomic mass is 9.82. The van der Waals surface area contributed by atoms with Crippen LogP contribution in [0.5, 0.6) is 5.75 Å². The van der Waals surface area contributed by atoms with E-state index in [2.05, 4.69) is 0 Å². The summed E-state index contributed by atoms with van der Waals surface area (Å²) in [4.78, 5) is 56.4. The van der Waals surface area contributed by atoms with E-state index in [4.69, 9.17) is 14.2 Å². The molecule has 1 spiro atoms. The van der Waals surface area contributed by atoms with Crippen molar-refractivity contribution in [3.8, 4) is 11.4 Å². The van der Waals surface area contributed by atoms with Crippen LogP contribution in [0.4, 0.5) is 9.80 Å². The highest BCUT2D eigenvalue weighted by Crippen LogP contribution is 2.60. The van der Waals surface area contributed by atoms with Crippen LogP contribution in [0.15, 0.2) is 41.3 Å². The van der Waals surface area contributed by atoms with E-state index in [-0.39, 0.29) is 61.1 Å². The molecular weight excluding hydrogens is 613 g/mol. The maximum absolute atomic E-state index is 16.3. The lowest BCUT2D eigenvalue weighted by molar-refractivity contribution is -0.150. The minimum atomic E-state index is -3.53. The zero-order valence-electron chi connectivity index (χ0n) is 27.2. The molecule has 2 fully saturated rings. The van der Waals surface area contributed by atoms with E-state index in [9.17, 15) is 24.3 Å². The van der Waals surface area contributed by atoms with Crippen LogP contribution >= 0.6 is 0 Å². The highest BCUT2D eigenvalue weighted by atomic mass is 28.4. The number of benzene rings is 1. The summed E-state index contributed by atoms with van der Waals surface area (Å²) >= 11 is 0. The van der Waals surface area contributed by atoms with E-state index < -0.39 is 31.6 Å². The molecule has 2 amide bonds. The summed E-state index contributed by atoms with van der Waals surface area (Å²) < 4.78 is 34.5. The number of unbranched alkanes of at least 4 members (excludes halogenated alkanes) is 1. The van der Waals surface area contributed by atoms with Gasteiger partial charge in [0.05, 0.1) is 45.1 Å². The quantitative estimate of drug-likeness (QED) is 0.168. The number of ether oxygens (including phenoxy) is 3. The van der Waals surface area contributed by atoms with E-state index >= 15 is 4.11 Å². The van der Waals surface area contributed by atoms with E-state index in [1.165, 1.54) is 18.8 Å². The minimum absolute atomic E-state index is 0.107. The Morgan fingerprint density at radius 3 is 2.61 bits per heavy atom. The van der Waals surface area contributed by atoms with Crippen LogP contribution in [0.1, 0.15) is 51.0 Å². The first-order chi connectivity index (χ1) is 21.9. The number of nitrogens with zero attached hydrogens (tertiary/aromatic N) is 3. The Kier molecular flexibility index (Phi) is 9.76. The molecule has 13 heteroatoms. The number of pyridine rings is 1. The van der Waals surface area contributed by atoms with Crippen molar-refractivity contribution in [2.24, 2.45) is 5.92 Å². The van der Waals surface area contributed by atoms with Gasteiger partial charge in [0.2, 0.25) is 14.3 Å². The molecule has 0 radical (unpaired) electrons. The molecule has 5 atom stereocenters. The predicted molar refractivity (Wildman–Crippen MR) is 171 cm³/mol. The Bertz CT molecular complexity index is 1540. The first-order valence-corrected chi connectivity index (χ1v) is 18.9. The van der Waals surface area contributed by atoms with Crippen molar-refractivity contribution >= 4 is 31.9 Å². The lowest BCUT2D eigenvalue weighted by Gasteiger charge is -2.31. The van der Waals surface area contributed by atoms with Gasteiger partial charge in [0.25, 0.3) is 11.5 Å². The van der Waals surface area contributed by atoms with Crippen molar-refractivity contribution < 1.29 is 37.8 Å². The molecule has 11 nitrogen and oxygen atoms in total. The number of halogens is 1. The summed E-state index contributed by atoms with van der Waals surface area (Å²) in [5.74, 6) is -1.39. The summed E-state index contributed by atoms with van der Waals surface area (Å²) in [7, 11) is -0.788. The van der Waals surface area contributed by atoms with Gasteiger partial charge in [0.15, 0.2) is 11.4 Å². The standard InChI is InChI=1S/C33H44FN3O8Si/c1-21-30(46(4,5)34)27(19-28(39)35-16-8-10-23(35)20-38)45-33(21)24-18-22(36-17-9-11-26(43-2)31(36)41)13-14-25(24)37(32(33)42)15-7-6-12-29(40)44-3/h9,11,13-14,17-18,21,23,27,30,38H,6-8,10,12,15-16,19-20H2,1-5H3/t21-,23-,27+,30-,33+/m0/s1. The molecule has 2 aromatic rings. The molecule has 0 unspecified atom stereocenters. The molecule has 2 saturated heterocycles. The molecule has 3 aliphatic heterocycles. The number of amides is 2. The third kappa shape index (κ3) is 5.88. The van der Waals surface area contributed by atoms with Gasteiger partial charge in [-0.3, -0.25) is 23.7 Å². The van der Waals surface area contributed by atoms with Crippen molar-refractivity contribution in [2.45, 2.75) is 81.8 Å². The van der Waals surface area contributed by atoms with Crippen LogP contribution in [0.25, 0.3) is 5.69 Å². The van der Waals surface area contributed by atoms with Gasteiger partial charge in [-0.2, -0.15) is 0 Å². The highest BCUT2D eigenvalue weighted by molar-refractivity contribution is 6.72. The van der Waals surface area contributed by atoms with Crippen LogP contribution in [0, 0.1) is 5.92 Å². The SMILES string of the molecule is COC(=O)CCCCN1C(=O)[C@]2(O[C@H](CC(=O)N3CCC[C@H]3CO)[C@@H]([Si](C)(C)F)[C@@H]2C)c2cc(-n3cccc(OC)c3=O)ccc21. The van der Waals surface area contributed by atoms with Gasteiger partial charge < -0.3 is 33.2 Å². The molecule has 1 N–H and O–H groups in total. The summed E-state index contributed by atoms with van der Waals surface area (Å²) in [6.45, 7) is 5.64. The Morgan fingerprint density at radius 1 is 1.17 bits per heavy atom. The Morgan fingerprint density at radius 2 is 1.93 bits per heavy atom. The Labute approximate surface area is 269 Å². The molecule has 1 aromatic heterocycles. The topological polar surface area (TPSA) is 128 Å². The van der Waals surface area contributed by atoms with Gasteiger partial charge in [-0.15, -0.1) is 0 Å². The number of hydrogen-bond acceptors (Lipinski definition) is 8. The Hall–Kier alpha value is -3.55. The van der Waals surface area contributed by atoms with Crippen molar-refractivity contribution in [1.29, 1.82) is 0 Å². The van der Waals surface area contributed by atoms with Gasteiger partial charge in [-0.1, -0.05) is 6.92 Å². The van der Waals surface area contributed by atoms with Gasteiger partial charge in [-0.05, 0) is 69.1 Å². The van der Waals surface area contributed by atoms with Crippen molar-refractivity contribution in [1.82, 2.24) is 9.47 Å². The maximum Gasteiger partial charge on any atom is 0.305 e. The number of methoxy groups -OCH3 is 2. The third-order valence-corrected chi connectivity index (χ3v) is 12.3. The van der Waals surface area contributed by atoms with Crippen LogP contribution in [-0.2, 0) is 29.5 Å². The average molecular weight is 658 g/mol. The molecule has 4 heterocycles. The molecule has 250 valence electrons. The fourth-order valence-electron chi connectivity index (χ4n) is 7.72. The normalized spacial score (nSPS) is 25.8. The lowest BCUT2D eigenvalue weighted by Crippen LogP contribution is -2.45. The number of aliphatic hydroxyl groups is 1. The number of carbonyl (C=O) groups is 3. The van der Waals surface area contributed by atoms with E-state index in [0.717, 1.165) is 6.42 Å². The first-order valence-electron chi connectivity index (χ1n) is 15.9. The van der Waals surface area contributed by atoms with E-state index in [0.29, 0.717) is 42.7 Å². The zero-order valence-corrected chi connectivity index (χ0v) is 28.2. The summed E-state index contributed by atoms with van der Waals surface area (Å²) in [5, 5.41) is 9.83. The largest absolute Gasteiger partial charge is 0.491 e. The smallest absolute Gasteiger partial charge is 0.305 e. The molecule has 1 aromatic carbocycles. The number of fused-ring (bicyclic) bond motifs is 2. The molecule has 46 heavy (non-hydrogen) atoms. The first kappa shape index (κ1) is 33.8. The summed E-state index contributed by atoms with van der Waals surface area (Å²) in [5.41, 5.74) is -1.09. The second-order valence-electron chi connectivity index (χ2n) is 13.0. The Balaban J connectivity index is 1.58. The number of aromatic nitrogens is 1. The van der Waals surface area contributed by atoms with Gasteiger partial charge in [0.1, 0.15) is 0 Å². The van der Waals surface area contributed by atoms with Gasteiger partial charge in [-0.25, -0.2) is 0 Å². The molecule has 0 bridgehead atoms. The summed E-state index contributed by atoms with van der Waals surface area (Å²) in [6, 6.07) is 8.21. The molecule has 0 aliphatic carbocycles. The fourth-order valence-corrected chi connectivity index (χ4v) is 10.2. The number of rotatable bonds is 11. The predicted octanol–water partition coefficient (Wildman–Crippen LogP) is 3.68. The van der Waals surface area contributed by atoms with Gasteiger partial charge in [0, 0.05) is 48.4 Å². The third-order valence-electron chi connectivity index (χ3n) is 9.88. The van der Waals surface area contributed by atoms with Crippen LogP contribution in [-0.4, -0.2) is 86.8 Å². The number of esters is 1. The molecule has 3 aliphatic rings. The number of hydrogen-bond donors (Lipinski definition) is 1. The van der Waals surface area contributed by atoms with E-state index in [1.54, 1.807) is 59.4 Å². The van der Waals surface area contributed by atoms with Crippen LogP contribution in [0.3, 0.4) is 0 Å². The number of aliphatic hydroxyl groups excluding tert-OH is 1. The molecular formula is C33H44FN3O8Si. The van der Waals surface area contributed by atoms with Crippen molar-refractivity contribution in [2.75, 3.05) is 38.8 Å². The van der Waals surface area contributed by atoms with Crippen LogP contribution < -0.4 is 15.2 Å². The van der Waals surface area contributed by atoms with Crippen molar-refractivity contribution in [3.63, 3.8) is 0 Å². The minimum Gasteiger partial charge on any atom is -0.491 e. The average Bonchev–Trinajstić information content (AvgIpc) is 3.69. The monoisotopic (exact) mass is 657 g/mol. The highest BCUT2D eigenvalue weighted by Gasteiger charge is 2.67. The van der Waals surface area contributed by atoms with Crippen molar-refractivity contribution in [3.05, 3.63) is 52.4 Å². The number of anilines is 1. The van der Waals surface area contributed by atoms with Gasteiger partial charge >= 0.3 is 5.97 Å². The molecule has 5 rings (SSSR count). The molecule has 0 saturated carbocycles. The second kappa shape index (κ2) is 13.3. The summed E-state index contributed by atoms with van der Waals surface area (Å²) in [6.07, 6.45) is 3.32.